The predicted molar refractivity (Wildman–Crippen MR) is 76.3 cm³/mol. The highest BCUT2D eigenvalue weighted by atomic mass is 16.1. The van der Waals surface area contributed by atoms with Crippen LogP contribution >= 0.6 is 0 Å². The monoisotopic (exact) mass is 248 g/mol. The number of aromatic nitrogens is 1. The van der Waals surface area contributed by atoms with Crippen LogP contribution in [0, 0.1) is 6.92 Å². The topological polar surface area (TPSA) is 33.2 Å². The lowest BCUT2D eigenvalue weighted by Crippen LogP contribution is -2.53. The number of carbonyl (C=O) groups excluding carboxylic acids is 1. The Labute approximate surface area is 110 Å². The van der Waals surface area contributed by atoms with Gasteiger partial charge in [0.2, 0.25) is 0 Å². The zero-order chi connectivity index (χ0) is 14.1. The van der Waals surface area contributed by atoms with Gasteiger partial charge in [0.25, 0.3) is 0 Å². The predicted octanol–water partition coefficient (Wildman–Crippen LogP) is 3.61. The van der Waals surface area contributed by atoms with Gasteiger partial charge in [0.1, 0.15) is 5.82 Å². The highest BCUT2D eigenvalue weighted by Crippen LogP contribution is 2.31. The van der Waals surface area contributed by atoms with Gasteiger partial charge in [-0.05, 0) is 60.1 Å². The third-order valence-electron chi connectivity index (χ3n) is 2.83. The van der Waals surface area contributed by atoms with Crippen LogP contribution in [-0.2, 0) is 0 Å². The van der Waals surface area contributed by atoms with Gasteiger partial charge in [0.05, 0.1) is 0 Å². The van der Waals surface area contributed by atoms with Crippen molar-refractivity contribution in [3.8, 4) is 0 Å². The quantitative estimate of drug-likeness (QED) is 0.750. The van der Waals surface area contributed by atoms with Crippen LogP contribution in [-0.4, -0.2) is 22.3 Å². The highest BCUT2D eigenvalue weighted by molar-refractivity contribution is 5.77. The molecule has 3 nitrogen and oxygen atoms in total. The average molecular weight is 248 g/mol. The molecule has 0 aliphatic carbocycles. The fourth-order valence-electron chi connectivity index (χ4n) is 2.49. The Balaban J connectivity index is 3.32. The molecule has 0 N–H and O–H groups in total. The Kier molecular flexibility index (Phi) is 3.84. The first-order valence-electron chi connectivity index (χ1n) is 6.29. The molecule has 0 saturated carbocycles. The molecular formula is C15H24N2O. The van der Waals surface area contributed by atoms with Crippen LogP contribution in [0.1, 0.15) is 57.5 Å². The summed E-state index contributed by atoms with van der Waals surface area (Å²) < 4.78 is 0. The second-order valence-electron chi connectivity index (χ2n) is 6.69. The number of rotatable bonds is 2. The molecule has 3 heteroatoms. The number of nitrogens with zero attached hydrogens (tertiary/aromatic N) is 2. The zero-order valence-electron chi connectivity index (χ0n) is 12.5. The van der Waals surface area contributed by atoms with E-state index in [1.807, 2.05) is 13.0 Å². The molecule has 0 spiro atoms. The molecule has 1 aromatic heterocycles. The van der Waals surface area contributed by atoms with Gasteiger partial charge < -0.3 is 4.90 Å². The average Bonchev–Trinajstić information content (AvgIpc) is 2.13. The molecule has 0 aliphatic rings. The van der Waals surface area contributed by atoms with E-state index in [0.29, 0.717) is 5.56 Å². The van der Waals surface area contributed by atoms with Crippen LogP contribution in [0.25, 0.3) is 0 Å². The summed E-state index contributed by atoms with van der Waals surface area (Å²) in [5, 5.41) is 0. The van der Waals surface area contributed by atoms with Crippen LogP contribution in [0.2, 0.25) is 0 Å². The van der Waals surface area contributed by atoms with Crippen LogP contribution in [0.5, 0.6) is 0 Å². The Morgan fingerprint density at radius 1 is 1.11 bits per heavy atom. The van der Waals surface area contributed by atoms with Crippen molar-refractivity contribution in [2.45, 2.75) is 59.5 Å². The van der Waals surface area contributed by atoms with E-state index in [-0.39, 0.29) is 11.1 Å². The third-order valence-corrected chi connectivity index (χ3v) is 2.83. The Morgan fingerprint density at radius 2 is 1.61 bits per heavy atom. The van der Waals surface area contributed by atoms with Gasteiger partial charge in [0.15, 0.2) is 6.29 Å². The molecular weight excluding hydrogens is 224 g/mol. The van der Waals surface area contributed by atoms with Gasteiger partial charge in [0, 0.05) is 22.8 Å². The minimum atomic E-state index is -0.0274. The summed E-state index contributed by atoms with van der Waals surface area (Å²) in [4.78, 5) is 17.6. The standard InChI is InChI=1S/C15H24N2O/c1-11-8-13(16-9-12(11)10-18)17(14(2,3)4)15(5,6)7/h8-10H,1-7H3. The molecule has 0 atom stereocenters. The summed E-state index contributed by atoms with van der Waals surface area (Å²) in [6, 6.07) is 1.99. The smallest absolute Gasteiger partial charge is 0.151 e. The van der Waals surface area contributed by atoms with Crippen molar-refractivity contribution in [1.29, 1.82) is 0 Å². The van der Waals surface area contributed by atoms with E-state index < -0.39 is 0 Å². The lowest BCUT2D eigenvalue weighted by Gasteiger charge is -2.46. The third kappa shape index (κ3) is 3.09. The maximum Gasteiger partial charge on any atom is 0.151 e. The molecule has 0 amide bonds. The van der Waals surface area contributed by atoms with Crippen molar-refractivity contribution in [2.75, 3.05) is 4.90 Å². The molecule has 0 aromatic carbocycles. The van der Waals surface area contributed by atoms with Crippen molar-refractivity contribution < 1.29 is 4.79 Å². The number of hydrogen-bond donors (Lipinski definition) is 0. The van der Waals surface area contributed by atoms with E-state index in [2.05, 4.69) is 51.4 Å². The molecule has 0 fully saturated rings. The Hall–Kier alpha value is -1.38. The molecule has 0 bridgehead atoms. The minimum absolute atomic E-state index is 0.0274. The number of pyridine rings is 1. The summed E-state index contributed by atoms with van der Waals surface area (Å²) in [6.45, 7) is 15.0. The first-order valence-corrected chi connectivity index (χ1v) is 6.29. The number of aryl methyl sites for hydroxylation is 1. The van der Waals surface area contributed by atoms with Crippen LogP contribution in [0.3, 0.4) is 0 Å². The Bertz CT molecular complexity index is 425. The number of anilines is 1. The first kappa shape index (κ1) is 14.7. The fraction of sp³-hybridized carbons (Fsp3) is 0.600. The Morgan fingerprint density at radius 3 is 1.94 bits per heavy atom. The molecule has 100 valence electrons. The van der Waals surface area contributed by atoms with Gasteiger partial charge >= 0.3 is 0 Å². The lowest BCUT2D eigenvalue weighted by atomic mass is 9.95. The van der Waals surface area contributed by atoms with E-state index in [9.17, 15) is 4.79 Å². The highest BCUT2D eigenvalue weighted by Gasteiger charge is 2.32. The molecule has 0 aliphatic heterocycles. The SMILES string of the molecule is Cc1cc(N(C(C)(C)C)C(C)(C)C)ncc1C=O. The number of aldehydes is 1. The van der Waals surface area contributed by atoms with Crippen LogP contribution in [0.15, 0.2) is 12.3 Å². The second-order valence-corrected chi connectivity index (χ2v) is 6.69. The molecule has 0 saturated heterocycles. The summed E-state index contributed by atoms with van der Waals surface area (Å²) in [5.41, 5.74) is 1.57. The summed E-state index contributed by atoms with van der Waals surface area (Å²) in [6.07, 6.45) is 2.51. The van der Waals surface area contributed by atoms with Gasteiger partial charge in [-0.15, -0.1) is 0 Å². The fourth-order valence-corrected chi connectivity index (χ4v) is 2.49. The van der Waals surface area contributed by atoms with Crippen molar-refractivity contribution in [3.05, 3.63) is 23.4 Å². The van der Waals surface area contributed by atoms with Gasteiger partial charge in [-0.2, -0.15) is 0 Å². The van der Waals surface area contributed by atoms with E-state index in [1.165, 1.54) is 0 Å². The van der Waals surface area contributed by atoms with Gasteiger partial charge in [-0.3, -0.25) is 4.79 Å². The summed E-state index contributed by atoms with van der Waals surface area (Å²) >= 11 is 0. The maximum absolute atomic E-state index is 10.8. The van der Waals surface area contributed by atoms with E-state index in [1.54, 1.807) is 6.20 Å². The minimum Gasteiger partial charge on any atom is -0.347 e. The van der Waals surface area contributed by atoms with Crippen LogP contribution in [0.4, 0.5) is 5.82 Å². The zero-order valence-corrected chi connectivity index (χ0v) is 12.5. The molecule has 1 aromatic rings. The van der Waals surface area contributed by atoms with Crippen molar-refractivity contribution in [3.63, 3.8) is 0 Å². The molecule has 1 heterocycles. The van der Waals surface area contributed by atoms with Crippen molar-refractivity contribution in [1.82, 2.24) is 4.98 Å². The first-order chi connectivity index (χ1) is 8.07. The van der Waals surface area contributed by atoms with E-state index in [0.717, 1.165) is 17.7 Å². The number of carbonyl (C=O) groups is 1. The normalized spacial score (nSPS) is 12.4. The second kappa shape index (κ2) is 4.71. The van der Waals surface area contributed by atoms with Crippen molar-refractivity contribution >= 4 is 12.1 Å². The maximum atomic E-state index is 10.8. The largest absolute Gasteiger partial charge is 0.347 e. The lowest BCUT2D eigenvalue weighted by molar-refractivity contribution is 0.112. The summed E-state index contributed by atoms with van der Waals surface area (Å²) in [5.74, 6) is 0.915. The van der Waals surface area contributed by atoms with Gasteiger partial charge in [-0.25, -0.2) is 4.98 Å². The molecule has 18 heavy (non-hydrogen) atoms. The molecule has 0 radical (unpaired) electrons. The molecule has 1 rings (SSSR count). The van der Waals surface area contributed by atoms with Crippen molar-refractivity contribution in [2.24, 2.45) is 0 Å². The van der Waals surface area contributed by atoms with E-state index in [4.69, 9.17) is 0 Å². The summed E-state index contributed by atoms with van der Waals surface area (Å²) in [7, 11) is 0. The van der Waals surface area contributed by atoms with Gasteiger partial charge in [-0.1, -0.05) is 0 Å². The van der Waals surface area contributed by atoms with Crippen LogP contribution < -0.4 is 4.90 Å². The number of hydrogen-bond acceptors (Lipinski definition) is 3. The van der Waals surface area contributed by atoms with E-state index >= 15 is 0 Å². The molecule has 0 unspecified atom stereocenters.